The predicted octanol–water partition coefficient (Wildman–Crippen LogP) is 4.07. The van der Waals surface area contributed by atoms with Crippen LogP contribution in [0.25, 0.3) is 0 Å². The number of ether oxygens (including phenoxy) is 1. The zero-order valence-corrected chi connectivity index (χ0v) is 11.7. The molecule has 0 radical (unpaired) electrons. The summed E-state index contributed by atoms with van der Waals surface area (Å²) in [7, 11) is 0. The van der Waals surface area contributed by atoms with Crippen LogP contribution < -0.4 is 5.32 Å². The van der Waals surface area contributed by atoms with Crippen molar-refractivity contribution in [3.05, 3.63) is 28.7 Å². The first-order chi connectivity index (χ1) is 8.36. The van der Waals surface area contributed by atoms with E-state index in [0.717, 1.165) is 35.8 Å². The monoisotopic (exact) mass is 297 g/mol. The summed E-state index contributed by atoms with van der Waals surface area (Å²) in [5.41, 5.74) is 1.14. The van der Waals surface area contributed by atoms with Crippen molar-refractivity contribution >= 4 is 21.6 Å². The standard InChI is InChI=1S/C14H20BrNO/c15-13-7-3-4-8-14(13)16-9-10-17-11-12-5-1-2-6-12/h3-4,7-8,12,16H,1-2,5-6,9-11H2. The summed E-state index contributed by atoms with van der Waals surface area (Å²) in [6, 6.07) is 8.17. The number of para-hydroxylation sites is 1. The first kappa shape index (κ1) is 12.9. The molecule has 1 aromatic rings. The Morgan fingerprint density at radius 1 is 1.24 bits per heavy atom. The molecule has 2 rings (SSSR count). The lowest BCUT2D eigenvalue weighted by Gasteiger charge is -2.11. The van der Waals surface area contributed by atoms with Crippen molar-refractivity contribution < 1.29 is 4.74 Å². The first-order valence-corrected chi connectivity index (χ1v) is 7.21. The van der Waals surface area contributed by atoms with E-state index in [1.807, 2.05) is 18.2 Å². The molecule has 3 heteroatoms. The highest BCUT2D eigenvalue weighted by atomic mass is 79.9. The molecule has 1 fully saturated rings. The molecule has 1 aromatic carbocycles. The Labute approximate surface area is 112 Å². The molecule has 0 aliphatic heterocycles. The number of rotatable bonds is 6. The van der Waals surface area contributed by atoms with Gasteiger partial charge in [0.05, 0.1) is 6.61 Å². The minimum absolute atomic E-state index is 0.790. The molecule has 0 atom stereocenters. The molecule has 2 nitrogen and oxygen atoms in total. The van der Waals surface area contributed by atoms with E-state index in [1.54, 1.807) is 0 Å². The van der Waals surface area contributed by atoms with Crippen LogP contribution in [0.2, 0.25) is 0 Å². The van der Waals surface area contributed by atoms with Crippen molar-refractivity contribution in [3.63, 3.8) is 0 Å². The minimum Gasteiger partial charge on any atom is -0.382 e. The number of benzene rings is 1. The molecule has 0 aromatic heterocycles. The van der Waals surface area contributed by atoms with Gasteiger partial charge in [-0.05, 0) is 46.8 Å². The molecule has 94 valence electrons. The van der Waals surface area contributed by atoms with Crippen LogP contribution in [0, 0.1) is 5.92 Å². The zero-order valence-electron chi connectivity index (χ0n) is 10.1. The molecule has 17 heavy (non-hydrogen) atoms. The van der Waals surface area contributed by atoms with Gasteiger partial charge in [0.25, 0.3) is 0 Å². The third-order valence-electron chi connectivity index (χ3n) is 3.26. The van der Waals surface area contributed by atoms with Crippen molar-refractivity contribution in [3.8, 4) is 0 Å². The summed E-state index contributed by atoms with van der Waals surface area (Å²) in [5, 5.41) is 3.37. The maximum Gasteiger partial charge on any atom is 0.0639 e. The number of anilines is 1. The quantitative estimate of drug-likeness (QED) is 0.799. The second-order valence-electron chi connectivity index (χ2n) is 4.63. The predicted molar refractivity (Wildman–Crippen MR) is 75.4 cm³/mol. The van der Waals surface area contributed by atoms with Crippen LogP contribution in [0.5, 0.6) is 0 Å². The van der Waals surface area contributed by atoms with Gasteiger partial charge in [-0.2, -0.15) is 0 Å². The fourth-order valence-corrected chi connectivity index (χ4v) is 2.71. The van der Waals surface area contributed by atoms with E-state index >= 15 is 0 Å². The fourth-order valence-electron chi connectivity index (χ4n) is 2.29. The summed E-state index contributed by atoms with van der Waals surface area (Å²) in [6.07, 6.45) is 5.50. The Kier molecular flexibility index (Phi) is 5.33. The zero-order chi connectivity index (χ0) is 11.9. The highest BCUT2D eigenvalue weighted by Crippen LogP contribution is 2.24. The van der Waals surface area contributed by atoms with E-state index in [4.69, 9.17) is 4.74 Å². The number of hydrogen-bond donors (Lipinski definition) is 1. The average molecular weight is 298 g/mol. The van der Waals surface area contributed by atoms with E-state index in [2.05, 4.69) is 27.3 Å². The highest BCUT2D eigenvalue weighted by Gasteiger charge is 2.14. The summed E-state index contributed by atoms with van der Waals surface area (Å²) < 4.78 is 6.81. The topological polar surface area (TPSA) is 21.3 Å². The summed E-state index contributed by atoms with van der Waals surface area (Å²) in [4.78, 5) is 0. The van der Waals surface area contributed by atoms with Crippen LogP contribution in [-0.2, 0) is 4.74 Å². The van der Waals surface area contributed by atoms with Gasteiger partial charge in [-0.3, -0.25) is 0 Å². The van der Waals surface area contributed by atoms with Gasteiger partial charge in [0.1, 0.15) is 0 Å². The molecule has 0 spiro atoms. The van der Waals surface area contributed by atoms with Gasteiger partial charge < -0.3 is 10.1 Å². The number of nitrogens with one attached hydrogen (secondary N) is 1. The molecule has 0 bridgehead atoms. The third kappa shape index (κ3) is 4.32. The smallest absolute Gasteiger partial charge is 0.0639 e. The van der Waals surface area contributed by atoms with Crippen LogP contribution in [-0.4, -0.2) is 19.8 Å². The SMILES string of the molecule is Brc1ccccc1NCCOCC1CCCC1. The molecular formula is C14H20BrNO. The van der Waals surface area contributed by atoms with E-state index in [0.29, 0.717) is 0 Å². The van der Waals surface area contributed by atoms with Gasteiger partial charge in [-0.15, -0.1) is 0 Å². The maximum atomic E-state index is 5.70. The van der Waals surface area contributed by atoms with Gasteiger partial charge >= 0.3 is 0 Å². The fraction of sp³-hybridized carbons (Fsp3) is 0.571. The van der Waals surface area contributed by atoms with Crippen LogP contribution in [0.3, 0.4) is 0 Å². The average Bonchev–Trinajstić information content (AvgIpc) is 2.84. The molecule has 1 aliphatic carbocycles. The lowest BCUT2D eigenvalue weighted by Crippen LogP contribution is -2.13. The van der Waals surface area contributed by atoms with Gasteiger partial charge in [-0.25, -0.2) is 0 Å². The lowest BCUT2D eigenvalue weighted by molar-refractivity contribution is 0.109. The number of hydrogen-bond acceptors (Lipinski definition) is 2. The maximum absolute atomic E-state index is 5.70. The van der Waals surface area contributed by atoms with Crippen LogP contribution in [0.1, 0.15) is 25.7 Å². The third-order valence-corrected chi connectivity index (χ3v) is 3.96. The van der Waals surface area contributed by atoms with Gasteiger partial charge in [0, 0.05) is 23.3 Å². The lowest BCUT2D eigenvalue weighted by atomic mass is 10.1. The number of halogens is 1. The molecular weight excluding hydrogens is 278 g/mol. The first-order valence-electron chi connectivity index (χ1n) is 6.42. The Morgan fingerprint density at radius 2 is 2.00 bits per heavy atom. The van der Waals surface area contributed by atoms with Crippen molar-refractivity contribution in [2.75, 3.05) is 25.1 Å². The van der Waals surface area contributed by atoms with E-state index < -0.39 is 0 Å². The van der Waals surface area contributed by atoms with E-state index in [9.17, 15) is 0 Å². The van der Waals surface area contributed by atoms with E-state index in [1.165, 1.54) is 25.7 Å². The van der Waals surface area contributed by atoms with Crippen molar-refractivity contribution in [1.82, 2.24) is 0 Å². The Bertz CT molecular complexity index is 337. The van der Waals surface area contributed by atoms with E-state index in [-0.39, 0.29) is 0 Å². The van der Waals surface area contributed by atoms with Crippen molar-refractivity contribution in [2.45, 2.75) is 25.7 Å². The Morgan fingerprint density at radius 3 is 2.76 bits per heavy atom. The van der Waals surface area contributed by atoms with Crippen molar-refractivity contribution in [1.29, 1.82) is 0 Å². The van der Waals surface area contributed by atoms with Crippen LogP contribution >= 0.6 is 15.9 Å². The molecule has 0 saturated heterocycles. The summed E-state index contributed by atoms with van der Waals surface area (Å²) in [6.45, 7) is 2.60. The molecule has 1 N–H and O–H groups in total. The van der Waals surface area contributed by atoms with Crippen LogP contribution in [0.15, 0.2) is 28.7 Å². The van der Waals surface area contributed by atoms with Crippen molar-refractivity contribution in [2.24, 2.45) is 5.92 Å². The molecule has 1 aliphatic rings. The second kappa shape index (κ2) is 7.02. The molecule has 0 amide bonds. The molecule has 1 saturated carbocycles. The Hall–Kier alpha value is -0.540. The van der Waals surface area contributed by atoms with Gasteiger partial charge in [0.2, 0.25) is 0 Å². The summed E-state index contributed by atoms with van der Waals surface area (Å²) in [5.74, 6) is 0.818. The summed E-state index contributed by atoms with van der Waals surface area (Å²) >= 11 is 3.52. The highest BCUT2D eigenvalue weighted by molar-refractivity contribution is 9.10. The largest absolute Gasteiger partial charge is 0.382 e. The van der Waals surface area contributed by atoms with Crippen LogP contribution in [0.4, 0.5) is 5.69 Å². The Balaban J connectivity index is 1.58. The molecule has 0 heterocycles. The second-order valence-corrected chi connectivity index (χ2v) is 5.49. The normalized spacial score (nSPS) is 16.3. The molecule has 0 unspecified atom stereocenters. The van der Waals surface area contributed by atoms with Gasteiger partial charge in [0.15, 0.2) is 0 Å². The minimum atomic E-state index is 0.790. The van der Waals surface area contributed by atoms with Gasteiger partial charge in [-0.1, -0.05) is 25.0 Å².